The number of hydrogen-bond acceptors (Lipinski definition) is 11. The number of hydrogen-bond donors (Lipinski definition) is 10. The van der Waals surface area contributed by atoms with Crippen molar-refractivity contribution in [2.75, 3.05) is 24.4 Å². The monoisotopic (exact) mass is 581 g/mol. The molecule has 0 aromatic carbocycles. The normalized spacial score (nSPS) is 14.6. The van der Waals surface area contributed by atoms with Crippen molar-refractivity contribution in [1.82, 2.24) is 21.3 Å². The molecule has 0 saturated carbocycles. The molecule has 0 heterocycles. The zero-order chi connectivity index (χ0) is 29.4. The molecule has 0 aliphatic carbocycles. The first-order valence-corrected chi connectivity index (χ1v) is 13.3. The van der Waals surface area contributed by atoms with Gasteiger partial charge in [-0.3, -0.25) is 28.8 Å². The quantitative estimate of drug-likeness (QED) is 0.0645. The maximum atomic E-state index is 12.9. The molecule has 216 valence electrons. The van der Waals surface area contributed by atoms with Gasteiger partial charge in [0.1, 0.15) is 24.2 Å². The fourth-order valence-corrected chi connectivity index (χ4v) is 3.56. The number of carboxylic acid groups (broad SMARTS) is 1. The minimum absolute atomic E-state index is 0.244. The van der Waals surface area contributed by atoms with Gasteiger partial charge in [-0.25, -0.2) is 4.79 Å². The van der Waals surface area contributed by atoms with Gasteiger partial charge in [0.25, 0.3) is 0 Å². The summed E-state index contributed by atoms with van der Waals surface area (Å²) < 4.78 is 0. The van der Waals surface area contributed by atoms with Crippen molar-refractivity contribution in [1.29, 1.82) is 0 Å². The summed E-state index contributed by atoms with van der Waals surface area (Å²) in [7, 11) is 0. The van der Waals surface area contributed by atoms with Gasteiger partial charge in [-0.2, -0.15) is 24.4 Å². The number of thioether (sulfide) groups is 1. The molecule has 0 rings (SSSR count). The molecule has 0 bridgehead atoms. The Morgan fingerprint density at radius 1 is 0.789 bits per heavy atom. The maximum absolute atomic E-state index is 12.9. The molecule has 0 unspecified atom stereocenters. The fraction of sp³-hybridized carbons (Fsp3) is 0.650. The van der Waals surface area contributed by atoms with Crippen LogP contribution in [0.4, 0.5) is 0 Å². The molecular weight excluding hydrogens is 546 g/mol. The van der Waals surface area contributed by atoms with Gasteiger partial charge in [-0.15, -0.1) is 0 Å². The van der Waals surface area contributed by atoms with Crippen molar-refractivity contribution in [3.05, 3.63) is 0 Å². The van der Waals surface area contributed by atoms with E-state index in [1.807, 2.05) is 11.6 Å². The molecule has 0 aromatic rings. The van der Waals surface area contributed by atoms with Crippen molar-refractivity contribution in [3.8, 4) is 0 Å². The number of aliphatic hydroxyl groups excluding tert-OH is 1. The smallest absolute Gasteiger partial charge is 0.328 e. The van der Waals surface area contributed by atoms with E-state index in [2.05, 4.69) is 28.6 Å². The van der Waals surface area contributed by atoms with Gasteiger partial charge in [0, 0.05) is 12.2 Å². The summed E-state index contributed by atoms with van der Waals surface area (Å²) in [4.78, 5) is 84.3. The van der Waals surface area contributed by atoms with E-state index in [0.717, 1.165) is 0 Å². The number of primary amides is 2. The van der Waals surface area contributed by atoms with E-state index >= 15 is 0 Å². The van der Waals surface area contributed by atoms with E-state index in [-0.39, 0.29) is 18.6 Å². The van der Waals surface area contributed by atoms with Crippen LogP contribution in [0.2, 0.25) is 0 Å². The zero-order valence-electron chi connectivity index (χ0n) is 20.7. The first-order valence-electron chi connectivity index (χ1n) is 11.2. The Kier molecular flexibility index (Phi) is 16.7. The molecule has 5 atom stereocenters. The Hall–Kier alpha value is -3.09. The van der Waals surface area contributed by atoms with Gasteiger partial charge in [0.05, 0.1) is 19.1 Å². The van der Waals surface area contributed by atoms with Gasteiger partial charge >= 0.3 is 5.97 Å². The molecule has 0 aliphatic heterocycles. The van der Waals surface area contributed by atoms with Gasteiger partial charge in [-0.1, -0.05) is 0 Å². The summed E-state index contributed by atoms with van der Waals surface area (Å²) in [6.45, 7) is -0.923. The van der Waals surface area contributed by atoms with Crippen LogP contribution in [0, 0.1) is 0 Å². The SMILES string of the molecule is CSCC[C@H](N)C(=O)N[C@@H](CCC(N)=O)C(=O)N[C@@H](CC(N)=O)C(=O)N[C@@H](CS)C(=O)N[C@@H](CO)C(=O)O. The third kappa shape index (κ3) is 13.5. The standard InChI is InChI=1S/C20H35N7O9S2/c1-38-5-4-9(21)16(31)24-10(2-3-14(22)29)17(32)25-11(6-15(23)30)18(33)27-13(8-37)19(34)26-12(7-28)20(35)36/h9-13,28,37H,2-8,21H2,1H3,(H2,22,29)(H2,23,30)(H,24,31)(H,25,32)(H,26,34)(H,27,33)(H,35,36)/t9-,10-,11-,12-,13-/m0/s1. The van der Waals surface area contributed by atoms with Crippen molar-refractivity contribution >= 4 is 65.8 Å². The summed E-state index contributed by atoms with van der Waals surface area (Å²) in [5.41, 5.74) is 16.1. The number of thiol groups is 1. The summed E-state index contributed by atoms with van der Waals surface area (Å²) >= 11 is 5.39. The largest absolute Gasteiger partial charge is 0.480 e. The number of aliphatic carboxylic acids is 1. The second kappa shape index (κ2) is 18.2. The Bertz CT molecular complexity index is 878. The Labute approximate surface area is 228 Å². The summed E-state index contributed by atoms with van der Waals surface area (Å²) in [5, 5.41) is 26.9. The lowest BCUT2D eigenvalue weighted by atomic mass is 10.1. The summed E-state index contributed by atoms with van der Waals surface area (Å²) in [6.07, 6.45) is 0.860. The maximum Gasteiger partial charge on any atom is 0.328 e. The average Bonchev–Trinajstić information content (AvgIpc) is 2.84. The third-order valence-electron chi connectivity index (χ3n) is 4.93. The number of nitrogens with two attached hydrogens (primary N) is 3. The molecule has 6 amide bonds. The van der Waals surface area contributed by atoms with Crippen LogP contribution in [-0.4, -0.2) is 106 Å². The van der Waals surface area contributed by atoms with Gasteiger partial charge in [0.15, 0.2) is 0 Å². The van der Waals surface area contributed by atoms with E-state index in [4.69, 9.17) is 27.4 Å². The molecule has 16 nitrogen and oxygen atoms in total. The highest BCUT2D eigenvalue weighted by Gasteiger charge is 2.32. The van der Waals surface area contributed by atoms with Gasteiger partial charge in [0.2, 0.25) is 35.4 Å². The lowest BCUT2D eigenvalue weighted by Gasteiger charge is -2.25. The Morgan fingerprint density at radius 2 is 1.29 bits per heavy atom. The van der Waals surface area contributed by atoms with Crippen LogP contribution >= 0.6 is 24.4 Å². The Balaban J connectivity index is 5.63. The summed E-state index contributed by atoms with van der Waals surface area (Å²) in [6, 6.07) is -7.02. The van der Waals surface area contributed by atoms with Crippen LogP contribution in [0.5, 0.6) is 0 Å². The first-order chi connectivity index (χ1) is 17.8. The molecule has 0 saturated heterocycles. The van der Waals surface area contributed by atoms with E-state index in [1.165, 1.54) is 11.8 Å². The lowest BCUT2D eigenvalue weighted by Crippen LogP contribution is -2.59. The minimum atomic E-state index is -1.65. The molecule has 0 aliphatic rings. The molecule has 38 heavy (non-hydrogen) atoms. The number of amides is 6. The van der Waals surface area contributed by atoms with Crippen molar-refractivity contribution in [3.63, 3.8) is 0 Å². The second-order valence-corrected chi connectivity index (χ2v) is 9.36. The highest BCUT2D eigenvalue weighted by atomic mass is 32.2. The molecule has 12 N–H and O–H groups in total. The number of carbonyl (C=O) groups is 7. The lowest BCUT2D eigenvalue weighted by molar-refractivity contribution is -0.143. The summed E-state index contributed by atoms with van der Waals surface area (Å²) in [5.74, 6) is -6.76. The van der Waals surface area contributed by atoms with Crippen molar-refractivity contribution in [2.24, 2.45) is 17.2 Å². The third-order valence-corrected chi connectivity index (χ3v) is 5.94. The molecule has 18 heteroatoms. The van der Waals surface area contributed by atoms with Crippen LogP contribution in [0.25, 0.3) is 0 Å². The number of carbonyl (C=O) groups excluding carboxylic acids is 6. The minimum Gasteiger partial charge on any atom is -0.480 e. The van der Waals surface area contributed by atoms with Crippen LogP contribution < -0.4 is 38.5 Å². The topological polar surface area (TPSA) is 286 Å². The zero-order valence-corrected chi connectivity index (χ0v) is 22.4. The molecule has 0 aromatic heterocycles. The average molecular weight is 582 g/mol. The Morgan fingerprint density at radius 3 is 1.76 bits per heavy atom. The van der Waals surface area contributed by atoms with Gasteiger partial charge < -0.3 is 48.7 Å². The predicted octanol–water partition coefficient (Wildman–Crippen LogP) is -4.85. The molecule has 0 spiro atoms. The predicted molar refractivity (Wildman–Crippen MR) is 140 cm³/mol. The number of rotatable bonds is 19. The highest BCUT2D eigenvalue weighted by Crippen LogP contribution is 2.04. The van der Waals surface area contributed by atoms with E-state index in [1.54, 1.807) is 0 Å². The van der Waals surface area contributed by atoms with Crippen LogP contribution in [0.1, 0.15) is 25.7 Å². The van der Waals surface area contributed by atoms with E-state index < -0.39 is 84.6 Å². The number of nitrogens with one attached hydrogen (secondary N) is 4. The van der Waals surface area contributed by atoms with Crippen LogP contribution in [0.3, 0.4) is 0 Å². The van der Waals surface area contributed by atoms with Crippen LogP contribution in [0.15, 0.2) is 0 Å². The molecule has 0 fully saturated rings. The van der Waals surface area contributed by atoms with Crippen molar-refractivity contribution < 1.29 is 43.8 Å². The first kappa shape index (κ1) is 34.9. The fourth-order valence-electron chi connectivity index (χ4n) is 2.82. The van der Waals surface area contributed by atoms with Gasteiger partial charge in [-0.05, 0) is 24.9 Å². The molecule has 0 radical (unpaired) electrons. The van der Waals surface area contributed by atoms with E-state index in [9.17, 15) is 33.6 Å². The number of aliphatic hydroxyl groups is 1. The molecular formula is C20H35N7O9S2. The highest BCUT2D eigenvalue weighted by molar-refractivity contribution is 7.98. The van der Waals surface area contributed by atoms with Crippen LogP contribution in [-0.2, 0) is 33.6 Å². The number of carboxylic acids is 1. The van der Waals surface area contributed by atoms with Crippen molar-refractivity contribution in [2.45, 2.75) is 55.9 Å². The van der Waals surface area contributed by atoms with E-state index in [0.29, 0.717) is 12.2 Å². The second-order valence-electron chi connectivity index (χ2n) is 8.01.